The van der Waals surface area contributed by atoms with Crippen molar-refractivity contribution in [2.75, 3.05) is 6.61 Å². The van der Waals surface area contributed by atoms with E-state index in [9.17, 15) is 9.59 Å². The number of nitrogens with zero attached hydrogens (tertiary/aromatic N) is 2. The van der Waals surface area contributed by atoms with E-state index < -0.39 is 11.7 Å². The molecular weight excluding hydrogens is 262 g/mol. The van der Waals surface area contributed by atoms with Gasteiger partial charge >= 0.3 is 5.69 Å². The van der Waals surface area contributed by atoms with Crippen LogP contribution in [-0.4, -0.2) is 32.7 Å². The van der Waals surface area contributed by atoms with Crippen LogP contribution >= 0.6 is 0 Å². The van der Waals surface area contributed by atoms with Crippen molar-refractivity contribution in [2.24, 2.45) is 0 Å². The van der Waals surface area contributed by atoms with E-state index in [-0.39, 0.29) is 11.8 Å². The Balaban J connectivity index is 2.14. The molecular formula is C12H15N5O3. The summed E-state index contributed by atoms with van der Waals surface area (Å²) in [5, 5.41) is 8.72. The molecule has 0 saturated heterocycles. The van der Waals surface area contributed by atoms with Gasteiger partial charge in [0.15, 0.2) is 5.82 Å². The molecule has 1 amide bonds. The molecule has 0 aliphatic rings. The lowest BCUT2D eigenvalue weighted by atomic mass is 10.2. The fraction of sp³-hybridized carbons (Fsp3) is 0.333. The van der Waals surface area contributed by atoms with E-state index in [0.29, 0.717) is 18.0 Å². The summed E-state index contributed by atoms with van der Waals surface area (Å²) < 4.78 is 5.30. The first kappa shape index (κ1) is 13.8. The number of amides is 1. The SMILES string of the molecule is CCOc1ncccc1C(=O)N[C@@H](C)c1n[nH]c(=O)[nH]1. The first-order valence-corrected chi connectivity index (χ1v) is 6.15. The largest absolute Gasteiger partial charge is 0.477 e. The van der Waals surface area contributed by atoms with Crippen LogP contribution in [0.15, 0.2) is 23.1 Å². The second-order valence-corrected chi connectivity index (χ2v) is 4.05. The summed E-state index contributed by atoms with van der Waals surface area (Å²) in [6.07, 6.45) is 1.55. The lowest BCUT2D eigenvalue weighted by Gasteiger charge is -2.12. The van der Waals surface area contributed by atoms with Crippen molar-refractivity contribution in [2.45, 2.75) is 19.9 Å². The Morgan fingerprint density at radius 1 is 1.55 bits per heavy atom. The molecule has 0 radical (unpaired) electrons. The molecule has 3 N–H and O–H groups in total. The van der Waals surface area contributed by atoms with Gasteiger partial charge in [-0.25, -0.2) is 14.9 Å². The number of hydrogen-bond acceptors (Lipinski definition) is 5. The molecule has 106 valence electrons. The van der Waals surface area contributed by atoms with Gasteiger partial charge in [-0.3, -0.25) is 9.78 Å². The predicted octanol–water partition coefficient (Wildman–Crippen LogP) is 0.383. The summed E-state index contributed by atoms with van der Waals surface area (Å²) in [5.41, 5.74) is -0.0865. The van der Waals surface area contributed by atoms with E-state index in [1.807, 2.05) is 6.92 Å². The maximum absolute atomic E-state index is 12.2. The van der Waals surface area contributed by atoms with Gasteiger partial charge < -0.3 is 10.1 Å². The van der Waals surface area contributed by atoms with Crippen LogP contribution in [0.25, 0.3) is 0 Å². The van der Waals surface area contributed by atoms with Crippen molar-refractivity contribution in [3.63, 3.8) is 0 Å². The van der Waals surface area contributed by atoms with Crippen molar-refractivity contribution in [1.29, 1.82) is 0 Å². The number of pyridine rings is 1. The van der Waals surface area contributed by atoms with Gasteiger partial charge in [0, 0.05) is 6.20 Å². The van der Waals surface area contributed by atoms with Gasteiger partial charge in [0.25, 0.3) is 5.91 Å². The van der Waals surface area contributed by atoms with Crippen LogP contribution in [-0.2, 0) is 0 Å². The topological polar surface area (TPSA) is 113 Å². The van der Waals surface area contributed by atoms with E-state index in [0.717, 1.165) is 0 Å². The Morgan fingerprint density at radius 2 is 2.35 bits per heavy atom. The number of rotatable bonds is 5. The fourth-order valence-corrected chi connectivity index (χ4v) is 1.65. The third kappa shape index (κ3) is 3.02. The second-order valence-electron chi connectivity index (χ2n) is 4.05. The van der Waals surface area contributed by atoms with Crippen LogP contribution in [0.1, 0.15) is 36.1 Å². The minimum Gasteiger partial charge on any atom is -0.477 e. The van der Waals surface area contributed by atoms with Gasteiger partial charge in [-0.15, -0.1) is 0 Å². The molecule has 0 aliphatic carbocycles. The number of carbonyl (C=O) groups is 1. The summed E-state index contributed by atoms with van der Waals surface area (Å²) in [5.74, 6) is 0.276. The molecule has 0 spiro atoms. The smallest absolute Gasteiger partial charge is 0.340 e. The van der Waals surface area contributed by atoms with Crippen molar-refractivity contribution >= 4 is 5.91 Å². The molecule has 20 heavy (non-hydrogen) atoms. The Labute approximate surface area is 114 Å². The third-order valence-electron chi connectivity index (χ3n) is 2.57. The highest BCUT2D eigenvalue weighted by atomic mass is 16.5. The van der Waals surface area contributed by atoms with Crippen molar-refractivity contribution in [1.82, 2.24) is 25.5 Å². The third-order valence-corrected chi connectivity index (χ3v) is 2.57. The highest BCUT2D eigenvalue weighted by Crippen LogP contribution is 2.15. The van der Waals surface area contributed by atoms with Gasteiger partial charge in [-0.2, -0.15) is 5.10 Å². The molecule has 2 heterocycles. The number of carbonyl (C=O) groups excluding carboxylic acids is 1. The van der Waals surface area contributed by atoms with Crippen molar-refractivity contribution in [3.8, 4) is 5.88 Å². The van der Waals surface area contributed by atoms with Crippen molar-refractivity contribution in [3.05, 3.63) is 40.2 Å². The summed E-state index contributed by atoms with van der Waals surface area (Å²) in [7, 11) is 0. The molecule has 0 unspecified atom stereocenters. The normalized spacial score (nSPS) is 11.9. The molecule has 0 bridgehead atoms. The molecule has 0 aliphatic heterocycles. The lowest BCUT2D eigenvalue weighted by Crippen LogP contribution is -2.28. The van der Waals surface area contributed by atoms with Crippen LogP contribution in [0.4, 0.5) is 0 Å². The van der Waals surface area contributed by atoms with Crippen molar-refractivity contribution < 1.29 is 9.53 Å². The minimum atomic E-state index is -0.448. The fourth-order valence-electron chi connectivity index (χ4n) is 1.65. The standard InChI is InChI=1S/C12H15N5O3/c1-3-20-11-8(5-4-6-13-11)10(18)14-7(2)9-15-12(19)17-16-9/h4-7H,3H2,1-2H3,(H,14,18)(H2,15,16,17,19)/t7-/m0/s1. The number of nitrogens with one attached hydrogen (secondary N) is 3. The van der Waals surface area contributed by atoms with Gasteiger partial charge in [0.05, 0.1) is 12.6 Å². The summed E-state index contributed by atoms with van der Waals surface area (Å²) in [6, 6.07) is 2.82. The zero-order chi connectivity index (χ0) is 14.5. The van der Waals surface area contributed by atoms with Crippen LogP contribution in [0.5, 0.6) is 5.88 Å². The van der Waals surface area contributed by atoms with E-state index in [2.05, 4.69) is 25.5 Å². The number of ether oxygens (including phenoxy) is 1. The highest BCUT2D eigenvalue weighted by molar-refractivity contribution is 5.96. The molecule has 0 aromatic carbocycles. The molecule has 8 nitrogen and oxygen atoms in total. The minimum absolute atomic E-state index is 0.273. The molecule has 2 rings (SSSR count). The number of aromatic nitrogens is 4. The molecule has 2 aromatic rings. The Hall–Kier alpha value is -2.64. The zero-order valence-corrected chi connectivity index (χ0v) is 11.1. The summed E-state index contributed by atoms with van der Waals surface area (Å²) in [6.45, 7) is 3.94. The Morgan fingerprint density at radius 3 is 3.00 bits per heavy atom. The van der Waals surface area contributed by atoms with Gasteiger partial charge in [0.2, 0.25) is 5.88 Å². The summed E-state index contributed by atoms with van der Waals surface area (Å²) >= 11 is 0. The first-order valence-electron chi connectivity index (χ1n) is 6.15. The van der Waals surface area contributed by atoms with Gasteiger partial charge in [-0.05, 0) is 26.0 Å². The number of hydrogen-bond donors (Lipinski definition) is 3. The number of aromatic amines is 2. The quantitative estimate of drug-likeness (QED) is 0.731. The van der Waals surface area contributed by atoms with Crippen LogP contribution < -0.4 is 15.7 Å². The average Bonchev–Trinajstić information content (AvgIpc) is 2.86. The first-order chi connectivity index (χ1) is 9.61. The van der Waals surface area contributed by atoms with E-state index in [1.54, 1.807) is 25.3 Å². The van der Waals surface area contributed by atoms with E-state index >= 15 is 0 Å². The zero-order valence-electron chi connectivity index (χ0n) is 11.1. The van der Waals surface area contributed by atoms with E-state index in [1.165, 1.54) is 0 Å². The summed E-state index contributed by atoms with van der Waals surface area (Å²) in [4.78, 5) is 29.6. The average molecular weight is 277 g/mol. The Kier molecular flexibility index (Phi) is 4.14. The van der Waals surface area contributed by atoms with Crippen LogP contribution in [0.3, 0.4) is 0 Å². The molecule has 0 fully saturated rings. The van der Waals surface area contributed by atoms with E-state index in [4.69, 9.17) is 4.74 Å². The molecule has 1 atom stereocenters. The maximum atomic E-state index is 12.2. The van der Waals surface area contributed by atoms with Crippen LogP contribution in [0.2, 0.25) is 0 Å². The Bertz CT molecular complexity index is 648. The molecule has 0 saturated carbocycles. The lowest BCUT2D eigenvalue weighted by molar-refractivity contribution is 0.0933. The molecule has 2 aromatic heterocycles. The highest BCUT2D eigenvalue weighted by Gasteiger charge is 2.17. The van der Waals surface area contributed by atoms with Gasteiger partial charge in [0.1, 0.15) is 5.56 Å². The monoisotopic (exact) mass is 277 g/mol. The maximum Gasteiger partial charge on any atom is 0.340 e. The second kappa shape index (κ2) is 6.00. The van der Waals surface area contributed by atoms with Gasteiger partial charge in [-0.1, -0.05) is 0 Å². The predicted molar refractivity (Wildman–Crippen MR) is 70.5 cm³/mol. The van der Waals surface area contributed by atoms with Crippen LogP contribution in [0, 0.1) is 0 Å². The molecule has 8 heteroatoms. The number of H-pyrrole nitrogens is 2.